The predicted molar refractivity (Wildman–Crippen MR) is 75.6 cm³/mol. The Hall–Kier alpha value is -1.32. The zero-order valence-corrected chi connectivity index (χ0v) is 11.8. The highest BCUT2D eigenvalue weighted by Gasteiger charge is 2.07. The Balaban J connectivity index is 2.12. The van der Waals surface area contributed by atoms with E-state index in [9.17, 15) is 5.11 Å². The molecule has 3 heteroatoms. The first-order valence-corrected chi connectivity index (χ1v) is 6.56. The van der Waals surface area contributed by atoms with Crippen LogP contribution in [0.4, 0.5) is 0 Å². The highest BCUT2D eigenvalue weighted by atomic mass is 79.9. The van der Waals surface area contributed by atoms with Gasteiger partial charge in [0, 0.05) is 5.56 Å². The summed E-state index contributed by atoms with van der Waals surface area (Å²) >= 11 is 3.44. The molecule has 0 amide bonds. The summed E-state index contributed by atoms with van der Waals surface area (Å²) in [6.45, 7) is 2.53. The minimum absolute atomic E-state index is 0.0251. The normalized spacial score (nSPS) is 10.4. The first kappa shape index (κ1) is 13.1. The molecule has 2 nitrogen and oxygen atoms in total. The first-order valence-electron chi connectivity index (χ1n) is 5.77. The van der Waals surface area contributed by atoms with Crippen molar-refractivity contribution in [2.45, 2.75) is 20.1 Å². The van der Waals surface area contributed by atoms with Gasteiger partial charge >= 0.3 is 0 Å². The fourth-order valence-electron chi connectivity index (χ4n) is 1.68. The lowest BCUT2D eigenvalue weighted by Gasteiger charge is -2.12. The van der Waals surface area contributed by atoms with Crippen LogP contribution in [-0.2, 0) is 13.2 Å². The number of ether oxygens (including phenoxy) is 1. The molecule has 0 bridgehead atoms. The quantitative estimate of drug-likeness (QED) is 0.930. The third-order valence-electron chi connectivity index (χ3n) is 2.72. The van der Waals surface area contributed by atoms with Gasteiger partial charge in [-0.25, -0.2) is 0 Å². The molecule has 0 heterocycles. The SMILES string of the molecule is Cc1ccc(COc2c(Br)cccc2CO)cc1. The first-order chi connectivity index (χ1) is 8.70. The van der Waals surface area contributed by atoms with Crippen molar-refractivity contribution in [2.24, 2.45) is 0 Å². The molecule has 0 aliphatic rings. The summed E-state index contributed by atoms with van der Waals surface area (Å²) in [5.41, 5.74) is 3.13. The standard InChI is InChI=1S/C15H15BrO2/c1-11-5-7-12(8-6-11)10-18-15-13(9-17)3-2-4-14(15)16/h2-8,17H,9-10H2,1H3. The number of aliphatic hydroxyl groups excluding tert-OH is 1. The van der Waals surface area contributed by atoms with Gasteiger partial charge in [0.25, 0.3) is 0 Å². The average molecular weight is 307 g/mol. The highest BCUT2D eigenvalue weighted by Crippen LogP contribution is 2.29. The molecule has 0 spiro atoms. The summed E-state index contributed by atoms with van der Waals surface area (Å²) < 4.78 is 6.64. The van der Waals surface area contributed by atoms with Crippen LogP contribution in [0.1, 0.15) is 16.7 Å². The fourth-order valence-corrected chi connectivity index (χ4v) is 2.20. The van der Waals surface area contributed by atoms with Gasteiger partial charge in [0.05, 0.1) is 11.1 Å². The summed E-state index contributed by atoms with van der Waals surface area (Å²) in [6.07, 6.45) is 0. The molecule has 2 aromatic carbocycles. The van der Waals surface area contributed by atoms with E-state index in [1.807, 2.05) is 30.3 Å². The van der Waals surface area contributed by atoms with E-state index in [2.05, 4.69) is 35.0 Å². The molecule has 0 aromatic heterocycles. The van der Waals surface area contributed by atoms with E-state index in [4.69, 9.17) is 4.74 Å². The molecular weight excluding hydrogens is 292 g/mol. The Morgan fingerprint density at radius 2 is 1.83 bits per heavy atom. The molecule has 0 saturated heterocycles. The van der Waals surface area contributed by atoms with E-state index < -0.39 is 0 Å². The number of rotatable bonds is 4. The fraction of sp³-hybridized carbons (Fsp3) is 0.200. The molecule has 0 aliphatic carbocycles. The van der Waals surface area contributed by atoms with Crippen molar-refractivity contribution in [3.63, 3.8) is 0 Å². The van der Waals surface area contributed by atoms with E-state index in [1.165, 1.54) is 5.56 Å². The van der Waals surface area contributed by atoms with E-state index in [1.54, 1.807) is 0 Å². The van der Waals surface area contributed by atoms with Crippen LogP contribution in [0.2, 0.25) is 0 Å². The number of aliphatic hydroxyl groups is 1. The number of para-hydroxylation sites is 1. The zero-order chi connectivity index (χ0) is 13.0. The van der Waals surface area contributed by atoms with Crippen molar-refractivity contribution in [3.8, 4) is 5.75 Å². The van der Waals surface area contributed by atoms with Gasteiger partial charge in [-0.3, -0.25) is 0 Å². The molecular formula is C15H15BrO2. The van der Waals surface area contributed by atoms with E-state index in [-0.39, 0.29) is 6.61 Å². The maximum atomic E-state index is 9.28. The van der Waals surface area contributed by atoms with E-state index in [0.717, 1.165) is 15.6 Å². The van der Waals surface area contributed by atoms with E-state index in [0.29, 0.717) is 12.4 Å². The van der Waals surface area contributed by atoms with Gasteiger partial charge in [-0.05, 0) is 34.5 Å². The van der Waals surface area contributed by atoms with Crippen molar-refractivity contribution in [1.29, 1.82) is 0 Å². The molecule has 94 valence electrons. The molecule has 2 rings (SSSR count). The summed E-state index contributed by atoms with van der Waals surface area (Å²) in [5, 5.41) is 9.28. The van der Waals surface area contributed by atoms with Crippen LogP contribution in [0.15, 0.2) is 46.9 Å². The van der Waals surface area contributed by atoms with Gasteiger partial charge in [0.15, 0.2) is 0 Å². The summed E-state index contributed by atoms with van der Waals surface area (Å²) in [7, 11) is 0. The monoisotopic (exact) mass is 306 g/mol. The van der Waals surface area contributed by atoms with Crippen molar-refractivity contribution in [3.05, 3.63) is 63.6 Å². The van der Waals surface area contributed by atoms with E-state index >= 15 is 0 Å². The molecule has 0 aliphatic heterocycles. The van der Waals surface area contributed by atoms with Gasteiger partial charge in [0.2, 0.25) is 0 Å². The van der Waals surface area contributed by atoms with Crippen LogP contribution >= 0.6 is 15.9 Å². The number of halogens is 1. The zero-order valence-electron chi connectivity index (χ0n) is 10.2. The van der Waals surface area contributed by atoms with Gasteiger partial charge in [0.1, 0.15) is 12.4 Å². The van der Waals surface area contributed by atoms with Gasteiger partial charge < -0.3 is 9.84 Å². The third-order valence-corrected chi connectivity index (χ3v) is 3.35. The maximum Gasteiger partial charge on any atom is 0.139 e. The second kappa shape index (κ2) is 6.03. The van der Waals surface area contributed by atoms with Gasteiger partial charge in [-0.15, -0.1) is 0 Å². The topological polar surface area (TPSA) is 29.5 Å². The Bertz CT molecular complexity index is 521. The Morgan fingerprint density at radius 3 is 2.50 bits per heavy atom. The van der Waals surface area contributed by atoms with Crippen LogP contribution in [0, 0.1) is 6.92 Å². The third kappa shape index (κ3) is 3.12. The second-order valence-electron chi connectivity index (χ2n) is 4.16. The van der Waals surface area contributed by atoms with Crippen LogP contribution in [0.5, 0.6) is 5.75 Å². The molecule has 1 N–H and O–H groups in total. The average Bonchev–Trinajstić information content (AvgIpc) is 2.39. The van der Waals surface area contributed by atoms with Crippen molar-refractivity contribution < 1.29 is 9.84 Å². The minimum atomic E-state index is -0.0251. The van der Waals surface area contributed by atoms with Crippen molar-refractivity contribution >= 4 is 15.9 Å². The Kier molecular flexibility index (Phi) is 4.39. The van der Waals surface area contributed by atoms with Crippen molar-refractivity contribution in [1.82, 2.24) is 0 Å². The van der Waals surface area contributed by atoms with Gasteiger partial charge in [-0.2, -0.15) is 0 Å². The number of hydrogen-bond donors (Lipinski definition) is 1. The summed E-state index contributed by atoms with van der Waals surface area (Å²) in [6, 6.07) is 13.9. The lowest BCUT2D eigenvalue weighted by molar-refractivity contribution is 0.258. The van der Waals surface area contributed by atoms with Crippen LogP contribution in [0.25, 0.3) is 0 Å². The van der Waals surface area contributed by atoms with Crippen LogP contribution < -0.4 is 4.74 Å². The molecule has 0 saturated carbocycles. The molecule has 0 radical (unpaired) electrons. The van der Waals surface area contributed by atoms with Crippen LogP contribution in [0.3, 0.4) is 0 Å². The molecule has 18 heavy (non-hydrogen) atoms. The van der Waals surface area contributed by atoms with Gasteiger partial charge in [-0.1, -0.05) is 42.0 Å². The predicted octanol–water partition coefficient (Wildman–Crippen LogP) is 3.83. The molecule has 0 unspecified atom stereocenters. The smallest absolute Gasteiger partial charge is 0.139 e. The lowest BCUT2D eigenvalue weighted by atomic mass is 10.1. The molecule has 2 aromatic rings. The Morgan fingerprint density at radius 1 is 1.11 bits per heavy atom. The summed E-state index contributed by atoms with van der Waals surface area (Å²) in [5.74, 6) is 0.709. The summed E-state index contributed by atoms with van der Waals surface area (Å²) in [4.78, 5) is 0. The van der Waals surface area contributed by atoms with Crippen LogP contribution in [-0.4, -0.2) is 5.11 Å². The second-order valence-corrected chi connectivity index (χ2v) is 5.01. The minimum Gasteiger partial charge on any atom is -0.487 e. The highest BCUT2D eigenvalue weighted by molar-refractivity contribution is 9.10. The molecule has 0 fully saturated rings. The molecule has 0 atom stereocenters. The lowest BCUT2D eigenvalue weighted by Crippen LogP contribution is -1.99. The Labute approximate surface area is 115 Å². The maximum absolute atomic E-state index is 9.28. The van der Waals surface area contributed by atoms with Crippen molar-refractivity contribution in [2.75, 3.05) is 0 Å². The largest absolute Gasteiger partial charge is 0.487 e. The number of benzene rings is 2. The number of aryl methyl sites for hydroxylation is 1. The number of hydrogen-bond acceptors (Lipinski definition) is 2.